The van der Waals surface area contributed by atoms with Crippen molar-refractivity contribution in [3.8, 4) is 0 Å². The number of carbonyl (C=O) groups is 2. The highest BCUT2D eigenvalue weighted by Crippen LogP contribution is 2.15. The molecule has 110 valence electrons. The van der Waals surface area contributed by atoms with Gasteiger partial charge in [-0.15, -0.1) is 0 Å². The molecule has 0 aliphatic carbocycles. The van der Waals surface area contributed by atoms with Crippen LogP contribution in [0, 0.1) is 12.7 Å². The molecule has 2 amide bonds. The van der Waals surface area contributed by atoms with Crippen LogP contribution in [0.15, 0.2) is 34.7 Å². The second-order valence-electron chi connectivity index (χ2n) is 4.36. The number of furan rings is 1. The predicted octanol–water partition coefficient (Wildman–Crippen LogP) is 2.75. The largest absolute Gasteiger partial charge is 0.475 e. The summed E-state index contributed by atoms with van der Waals surface area (Å²) in [6, 6.07) is 6.55. The van der Waals surface area contributed by atoms with Gasteiger partial charge in [-0.05, 0) is 36.8 Å². The molecule has 6 nitrogen and oxygen atoms in total. The summed E-state index contributed by atoms with van der Waals surface area (Å²) in [5.41, 5.74) is 0.805. The molecule has 7 heteroatoms. The number of carboxylic acid groups (broad SMARTS) is 1. The van der Waals surface area contributed by atoms with Crippen molar-refractivity contribution in [1.29, 1.82) is 0 Å². The first kappa shape index (κ1) is 14.6. The van der Waals surface area contributed by atoms with E-state index in [1.807, 2.05) is 0 Å². The minimum absolute atomic E-state index is 0.00735. The second kappa shape index (κ2) is 6.08. The maximum Gasteiger partial charge on any atom is 0.371 e. The van der Waals surface area contributed by atoms with Gasteiger partial charge >= 0.3 is 12.0 Å². The van der Waals surface area contributed by atoms with Gasteiger partial charge in [-0.3, -0.25) is 0 Å². The lowest BCUT2D eigenvalue weighted by atomic mass is 10.2. The Morgan fingerprint density at radius 2 is 2.05 bits per heavy atom. The first-order valence-electron chi connectivity index (χ1n) is 6.08. The predicted molar refractivity (Wildman–Crippen MR) is 72.7 cm³/mol. The van der Waals surface area contributed by atoms with Gasteiger partial charge in [0, 0.05) is 0 Å². The van der Waals surface area contributed by atoms with Crippen molar-refractivity contribution in [1.82, 2.24) is 5.32 Å². The SMILES string of the molecule is Cc1ccc(NC(=O)NCc2ccc(C(=O)O)o2)c(F)c1. The van der Waals surface area contributed by atoms with Crippen LogP contribution in [0.1, 0.15) is 21.9 Å². The van der Waals surface area contributed by atoms with Crippen LogP contribution < -0.4 is 10.6 Å². The molecule has 2 rings (SSSR count). The van der Waals surface area contributed by atoms with Crippen LogP contribution in [0.25, 0.3) is 0 Å². The monoisotopic (exact) mass is 292 g/mol. The highest BCUT2D eigenvalue weighted by Gasteiger charge is 2.10. The number of rotatable bonds is 4. The molecule has 2 aromatic rings. The first-order valence-corrected chi connectivity index (χ1v) is 6.08. The number of anilines is 1. The Balaban J connectivity index is 1.91. The van der Waals surface area contributed by atoms with Gasteiger partial charge in [-0.2, -0.15) is 0 Å². The Hall–Kier alpha value is -2.83. The van der Waals surface area contributed by atoms with Crippen LogP contribution in [0.3, 0.4) is 0 Å². The van der Waals surface area contributed by atoms with Gasteiger partial charge < -0.3 is 20.2 Å². The number of aryl methyl sites for hydroxylation is 1. The summed E-state index contributed by atoms with van der Waals surface area (Å²) in [5.74, 6) is -1.65. The number of amides is 2. The highest BCUT2D eigenvalue weighted by atomic mass is 19.1. The van der Waals surface area contributed by atoms with E-state index in [-0.39, 0.29) is 23.8 Å². The molecule has 3 N–H and O–H groups in total. The molecule has 1 aromatic heterocycles. The number of benzene rings is 1. The average Bonchev–Trinajstić information content (AvgIpc) is 2.89. The maximum atomic E-state index is 13.5. The fourth-order valence-electron chi connectivity index (χ4n) is 1.64. The Kier molecular flexibility index (Phi) is 4.22. The Labute approximate surface area is 119 Å². The van der Waals surface area contributed by atoms with Crippen LogP contribution in [0.4, 0.5) is 14.9 Å². The van der Waals surface area contributed by atoms with Crippen LogP contribution in [0.2, 0.25) is 0 Å². The molecule has 0 aliphatic heterocycles. The minimum Gasteiger partial charge on any atom is -0.475 e. The molecule has 0 saturated carbocycles. The Morgan fingerprint density at radius 3 is 2.67 bits per heavy atom. The van der Waals surface area contributed by atoms with E-state index in [9.17, 15) is 14.0 Å². The van der Waals surface area contributed by atoms with Crippen molar-refractivity contribution < 1.29 is 23.5 Å². The van der Waals surface area contributed by atoms with E-state index in [0.29, 0.717) is 0 Å². The molecule has 0 bridgehead atoms. The fraction of sp³-hybridized carbons (Fsp3) is 0.143. The van der Waals surface area contributed by atoms with Crippen LogP contribution in [-0.4, -0.2) is 17.1 Å². The summed E-state index contributed by atoms with van der Waals surface area (Å²) in [7, 11) is 0. The van der Waals surface area contributed by atoms with Gasteiger partial charge in [-0.1, -0.05) is 6.07 Å². The first-order chi connectivity index (χ1) is 9.95. The van der Waals surface area contributed by atoms with E-state index < -0.39 is 17.8 Å². The second-order valence-corrected chi connectivity index (χ2v) is 4.36. The molecular formula is C14H13FN2O4. The van der Waals surface area contributed by atoms with Crippen molar-refractivity contribution in [2.45, 2.75) is 13.5 Å². The zero-order valence-corrected chi connectivity index (χ0v) is 11.1. The number of carbonyl (C=O) groups excluding carboxylic acids is 1. The lowest BCUT2D eigenvalue weighted by molar-refractivity contribution is 0.0660. The van der Waals surface area contributed by atoms with Crippen LogP contribution in [0.5, 0.6) is 0 Å². The molecule has 1 aromatic carbocycles. The number of nitrogens with one attached hydrogen (secondary N) is 2. The number of hydrogen-bond donors (Lipinski definition) is 3. The number of urea groups is 1. The smallest absolute Gasteiger partial charge is 0.371 e. The summed E-state index contributed by atoms with van der Waals surface area (Å²) in [4.78, 5) is 22.2. The summed E-state index contributed by atoms with van der Waals surface area (Å²) in [6.07, 6.45) is 0. The molecular weight excluding hydrogens is 279 g/mol. The normalized spacial score (nSPS) is 10.2. The van der Waals surface area contributed by atoms with Gasteiger partial charge in [-0.25, -0.2) is 14.0 Å². The van der Waals surface area contributed by atoms with Crippen LogP contribution in [-0.2, 0) is 6.54 Å². The van der Waals surface area contributed by atoms with Gasteiger partial charge in [0.2, 0.25) is 5.76 Å². The Morgan fingerprint density at radius 1 is 1.29 bits per heavy atom. The van der Waals surface area contributed by atoms with E-state index in [2.05, 4.69) is 10.6 Å². The average molecular weight is 292 g/mol. The van der Waals surface area contributed by atoms with Crippen molar-refractivity contribution in [3.63, 3.8) is 0 Å². The zero-order chi connectivity index (χ0) is 15.4. The standard InChI is InChI=1S/C14H13FN2O4/c1-8-2-4-11(10(15)6-8)17-14(20)16-7-9-3-5-12(21-9)13(18)19/h2-6H,7H2,1H3,(H,18,19)(H2,16,17,20). The molecule has 0 saturated heterocycles. The lowest BCUT2D eigenvalue weighted by Crippen LogP contribution is -2.28. The van der Waals surface area contributed by atoms with E-state index in [1.165, 1.54) is 24.3 Å². The number of aromatic carboxylic acids is 1. The summed E-state index contributed by atoms with van der Waals surface area (Å²) < 4.78 is 18.5. The highest BCUT2D eigenvalue weighted by molar-refractivity contribution is 5.89. The lowest BCUT2D eigenvalue weighted by Gasteiger charge is -2.07. The van der Waals surface area contributed by atoms with Crippen molar-refractivity contribution in [3.05, 3.63) is 53.2 Å². The number of hydrogen-bond acceptors (Lipinski definition) is 3. The maximum absolute atomic E-state index is 13.5. The van der Waals surface area contributed by atoms with E-state index in [4.69, 9.17) is 9.52 Å². The molecule has 0 radical (unpaired) electrons. The third-order valence-corrected chi connectivity index (χ3v) is 2.67. The zero-order valence-electron chi connectivity index (χ0n) is 11.1. The topological polar surface area (TPSA) is 91.6 Å². The molecule has 1 heterocycles. The van der Waals surface area contributed by atoms with Gasteiger partial charge in [0.05, 0.1) is 12.2 Å². The van der Waals surface area contributed by atoms with Crippen molar-refractivity contribution in [2.75, 3.05) is 5.32 Å². The van der Waals surface area contributed by atoms with E-state index >= 15 is 0 Å². The molecule has 21 heavy (non-hydrogen) atoms. The van der Waals surface area contributed by atoms with E-state index in [1.54, 1.807) is 13.0 Å². The number of halogens is 1. The van der Waals surface area contributed by atoms with Crippen molar-refractivity contribution in [2.24, 2.45) is 0 Å². The third-order valence-electron chi connectivity index (χ3n) is 2.67. The van der Waals surface area contributed by atoms with Gasteiger partial charge in [0.1, 0.15) is 11.6 Å². The molecule has 0 spiro atoms. The third kappa shape index (κ3) is 3.82. The van der Waals surface area contributed by atoms with Gasteiger partial charge in [0.25, 0.3) is 0 Å². The minimum atomic E-state index is -1.19. The molecule has 0 fully saturated rings. The number of carboxylic acids is 1. The quantitative estimate of drug-likeness (QED) is 0.808. The van der Waals surface area contributed by atoms with Crippen molar-refractivity contribution >= 4 is 17.7 Å². The fourth-order valence-corrected chi connectivity index (χ4v) is 1.64. The summed E-state index contributed by atoms with van der Waals surface area (Å²) in [6.45, 7) is 1.73. The van der Waals surface area contributed by atoms with Gasteiger partial charge in [0.15, 0.2) is 0 Å². The molecule has 0 aliphatic rings. The van der Waals surface area contributed by atoms with E-state index in [0.717, 1.165) is 5.56 Å². The molecule has 0 atom stereocenters. The Bertz CT molecular complexity index is 681. The summed E-state index contributed by atoms with van der Waals surface area (Å²) in [5, 5.41) is 13.5. The van der Waals surface area contributed by atoms with Crippen LogP contribution >= 0.6 is 0 Å². The molecule has 0 unspecified atom stereocenters. The summed E-state index contributed by atoms with van der Waals surface area (Å²) >= 11 is 0.